The Hall–Kier alpha value is -3.68. The fourth-order valence-corrected chi connectivity index (χ4v) is 5.34. The third-order valence-electron chi connectivity index (χ3n) is 7.57. The SMILES string of the molecule is O=C(O)C(F)(F)F.O=C(O)C(F)(F)F.O=C1CC2N(CC3CC3)CCC2(c2ccccc2)CCN1Cc1ccccn1. The zero-order valence-electron chi connectivity index (χ0n) is 22.4. The van der Waals surface area contributed by atoms with E-state index in [1.54, 1.807) is 0 Å². The monoisotopic (exact) mass is 603 g/mol. The number of rotatable bonds is 5. The first-order chi connectivity index (χ1) is 19.6. The summed E-state index contributed by atoms with van der Waals surface area (Å²) >= 11 is 0. The minimum atomic E-state index is -5.08. The smallest absolute Gasteiger partial charge is 0.475 e. The van der Waals surface area contributed by atoms with Gasteiger partial charge in [-0.25, -0.2) is 9.59 Å². The molecule has 0 radical (unpaired) electrons. The molecule has 2 unspecified atom stereocenters. The first-order valence-corrected chi connectivity index (χ1v) is 13.2. The fourth-order valence-electron chi connectivity index (χ4n) is 5.34. The van der Waals surface area contributed by atoms with Crippen LogP contribution in [-0.2, 0) is 26.3 Å². The Kier molecular flexibility index (Phi) is 10.6. The molecule has 2 saturated heterocycles. The molecule has 8 nitrogen and oxygen atoms in total. The number of alkyl halides is 6. The van der Waals surface area contributed by atoms with Crippen LogP contribution < -0.4 is 0 Å². The third kappa shape index (κ3) is 8.91. The van der Waals surface area contributed by atoms with Crippen molar-refractivity contribution in [2.24, 2.45) is 5.92 Å². The molecule has 2 N–H and O–H groups in total. The van der Waals surface area contributed by atoms with Crippen LogP contribution in [0.4, 0.5) is 26.3 Å². The predicted molar refractivity (Wildman–Crippen MR) is 137 cm³/mol. The molecule has 1 aliphatic carbocycles. The van der Waals surface area contributed by atoms with Crippen molar-refractivity contribution >= 4 is 17.8 Å². The standard InChI is InChI=1S/C24H29N3O.2C2HF3O2/c28-23-16-22-24(20-6-2-1-3-7-20,11-14-26(22)17-19-9-10-19)12-15-27(23)18-21-8-4-5-13-25-21;2*3-2(4,5)1(6)7/h1-8,13,19,22H,9-12,14-18H2;2*(H,6,7). The summed E-state index contributed by atoms with van der Waals surface area (Å²) in [6, 6.07) is 17.3. The highest BCUT2D eigenvalue weighted by Crippen LogP contribution is 2.47. The number of nitrogens with zero attached hydrogens (tertiary/aromatic N) is 3. The quantitative estimate of drug-likeness (QED) is 0.468. The number of hydrogen-bond donors (Lipinski definition) is 2. The molecule has 5 rings (SSSR count). The molecule has 2 aromatic rings. The molecule has 42 heavy (non-hydrogen) atoms. The second kappa shape index (κ2) is 13.5. The van der Waals surface area contributed by atoms with Crippen molar-refractivity contribution in [1.29, 1.82) is 0 Å². The Morgan fingerprint density at radius 1 is 0.881 bits per heavy atom. The van der Waals surface area contributed by atoms with E-state index in [1.165, 1.54) is 31.4 Å². The predicted octanol–water partition coefficient (Wildman–Crippen LogP) is 4.89. The third-order valence-corrected chi connectivity index (χ3v) is 7.57. The molecule has 3 fully saturated rings. The molecular formula is C28H31F6N3O5. The van der Waals surface area contributed by atoms with Crippen molar-refractivity contribution in [2.45, 2.75) is 62.5 Å². The number of fused-ring (bicyclic) bond motifs is 1. The highest BCUT2D eigenvalue weighted by molar-refractivity contribution is 5.78. The van der Waals surface area contributed by atoms with Crippen LogP contribution in [-0.4, -0.2) is 80.9 Å². The van der Waals surface area contributed by atoms with Gasteiger partial charge in [0.15, 0.2) is 0 Å². The highest BCUT2D eigenvalue weighted by atomic mass is 19.4. The van der Waals surface area contributed by atoms with Crippen molar-refractivity contribution in [3.63, 3.8) is 0 Å². The summed E-state index contributed by atoms with van der Waals surface area (Å²) in [5.74, 6) is -4.37. The van der Waals surface area contributed by atoms with Crippen molar-refractivity contribution < 1.29 is 50.9 Å². The van der Waals surface area contributed by atoms with Gasteiger partial charge < -0.3 is 15.1 Å². The Morgan fingerprint density at radius 3 is 1.93 bits per heavy atom. The number of carboxylic acid groups (broad SMARTS) is 2. The van der Waals surface area contributed by atoms with E-state index in [0.717, 1.165) is 31.1 Å². The lowest BCUT2D eigenvalue weighted by atomic mass is 9.71. The van der Waals surface area contributed by atoms with Gasteiger partial charge in [-0.3, -0.25) is 14.7 Å². The molecule has 1 saturated carbocycles. The van der Waals surface area contributed by atoms with Gasteiger partial charge in [-0.1, -0.05) is 36.4 Å². The number of aromatic nitrogens is 1. The lowest BCUT2D eigenvalue weighted by Crippen LogP contribution is -2.44. The fraction of sp³-hybridized carbons (Fsp3) is 0.500. The van der Waals surface area contributed by atoms with Gasteiger partial charge in [-0.05, 0) is 55.8 Å². The van der Waals surface area contributed by atoms with E-state index in [-0.39, 0.29) is 11.3 Å². The summed E-state index contributed by atoms with van der Waals surface area (Å²) in [6.07, 6.45) is -2.78. The maximum atomic E-state index is 13.3. The molecule has 0 bridgehead atoms. The maximum absolute atomic E-state index is 13.3. The molecule has 2 aliphatic heterocycles. The molecule has 14 heteroatoms. The number of benzene rings is 1. The van der Waals surface area contributed by atoms with Gasteiger partial charge in [-0.15, -0.1) is 0 Å². The number of carboxylic acids is 2. The normalized spacial score (nSPS) is 22.6. The molecule has 1 aromatic heterocycles. The van der Waals surface area contributed by atoms with Gasteiger partial charge in [0, 0.05) is 37.2 Å². The van der Waals surface area contributed by atoms with E-state index in [0.29, 0.717) is 19.0 Å². The molecule has 3 heterocycles. The van der Waals surface area contributed by atoms with Gasteiger partial charge in [0.25, 0.3) is 0 Å². The largest absolute Gasteiger partial charge is 0.490 e. The zero-order valence-corrected chi connectivity index (χ0v) is 22.4. The summed E-state index contributed by atoms with van der Waals surface area (Å²) in [5, 5.41) is 14.2. The van der Waals surface area contributed by atoms with Crippen molar-refractivity contribution in [3.05, 3.63) is 66.0 Å². The van der Waals surface area contributed by atoms with E-state index < -0.39 is 24.3 Å². The Balaban J connectivity index is 0.000000289. The number of pyridine rings is 1. The van der Waals surface area contributed by atoms with E-state index in [2.05, 4.69) is 40.2 Å². The summed E-state index contributed by atoms with van der Waals surface area (Å²) in [6.45, 7) is 3.74. The van der Waals surface area contributed by atoms with E-state index in [4.69, 9.17) is 19.8 Å². The van der Waals surface area contributed by atoms with Gasteiger partial charge >= 0.3 is 24.3 Å². The number of carbonyl (C=O) groups excluding carboxylic acids is 1. The molecular weight excluding hydrogens is 572 g/mol. The summed E-state index contributed by atoms with van der Waals surface area (Å²) in [4.78, 5) is 40.2. The molecule has 3 aliphatic rings. The lowest BCUT2D eigenvalue weighted by molar-refractivity contribution is -0.193. The number of amides is 1. The van der Waals surface area contributed by atoms with Crippen molar-refractivity contribution in [2.75, 3.05) is 19.6 Å². The van der Waals surface area contributed by atoms with Crippen LogP contribution in [0, 0.1) is 5.92 Å². The minimum Gasteiger partial charge on any atom is -0.475 e. The minimum absolute atomic E-state index is 0.102. The van der Waals surface area contributed by atoms with E-state index in [9.17, 15) is 31.1 Å². The van der Waals surface area contributed by atoms with Crippen molar-refractivity contribution in [3.8, 4) is 0 Å². The van der Waals surface area contributed by atoms with Crippen LogP contribution in [0.15, 0.2) is 54.7 Å². The number of halogens is 6. The first-order valence-electron chi connectivity index (χ1n) is 13.2. The Labute approximate surface area is 237 Å². The number of hydrogen-bond acceptors (Lipinski definition) is 5. The van der Waals surface area contributed by atoms with Gasteiger partial charge in [0.2, 0.25) is 5.91 Å². The average molecular weight is 604 g/mol. The maximum Gasteiger partial charge on any atom is 0.490 e. The number of aliphatic carboxylic acids is 2. The van der Waals surface area contributed by atoms with Crippen molar-refractivity contribution in [1.82, 2.24) is 14.8 Å². The highest BCUT2D eigenvalue weighted by Gasteiger charge is 2.51. The van der Waals surface area contributed by atoms with Crippen LogP contribution in [0.3, 0.4) is 0 Å². The van der Waals surface area contributed by atoms with Crippen LogP contribution in [0.25, 0.3) is 0 Å². The second-order valence-electron chi connectivity index (χ2n) is 10.4. The summed E-state index contributed by atoms with van der Waals surface area (Å²) in [7, 11) is 0. The topological polar surface area (TPSA) is 111 Å². The van der Waals surface area contributed by atoms with Crippen LogP contribution in [0.5, 0.6) is 0 Å². The first kappa shape index (κ1) is 32.8. The Bertz CT molecular complexity index is 1180. The molecule has 1 amide bonds. The van der Waals surface area contributed by atoms with Gasteiger partial charge in [0.05, 0.1) is 12.2 Å². The molecule has 1 aromatic carbocycles. The van der Waals surface area contributed by atoms with Gasteiger partial charge in [-0.2, -0.15) is 26.3 Å². The second-order valence-corrected chi connectivity index (χ2v) is 10.4. The summed E-state index contributed by atoms with van der Waals surface area (Å²) in [5.41, 5.74) is 2.50. The van der Waals surface area contributed by atoms with Crippen LogP contribution >= 0.6 is 0 Å². The van der Waals surface area contributed by atoms with Crippen LogP contribution in [0.2, 0.25) is 0 Å². The summed E-state index contributed by atoms with van der Waals surface area (Å²) < 4.78 is 63.5. The van der Waals surface area contributed by atoms with E-state index >= 15 is 0 Å². The zero-order chi connectivity index (χ0) is 31.1. The number of carbonyl (C=O) groups is 3. The van der Waals surface area contributed by atoms with E-state index in [1.807, 2.05) is 29.3 Å². The Morgan fingerprint density at radius 2 is 1.43 bits per heavy atom. The molecule has 2 atom stereocenters. The average Bonchev–Trinajstić information content (AvgIpc) is 3.70. The molecule has 0 spiro atoms. The van der Waals surface area contributed by atoms with Gasteiger partial charge in [0.1, 0.15) is 0 Å². The van der Waals surface area contributed by atoms with Crippen LogP contribution in [0.1, 0.15) is 43.4 Å². The number of likely N-dealkylation sites (tertiary alicyclic amines) is 2. The lowest BCUT2D eigenvalue weighted by Gasteiger charge is -2.37. The molecule has 230 valence electrons.